The van der Waals surface area contributed by atoms with Crippen molar-refractivity contribution in [2.75, 3.05) is 25.3 Å². The van der Waals surface area contributed by atoms with E-state index in [0.717, 1.165) is 10.5 Å². The van der Waals surface area contributed by atoms with E-state index in [0.29, 0.717) is 29.4 Å². The lowest BCUT2D eigenvalue weighted by molar-refractivity contribution is -0.115. The van der Waals surface area contributed by atoms with E-state index in [2.05, 4.69) is 44.3 Å². The third-order valence-corrected chi connectivity index (χ3v) is 5.61. The second-order valence-electron chi connectivity index (χ2n) is 6.97. The highest BCUT2D eigenvalue weighted by Crippen LogP contribution is 2.30. The van der Waals surface area contributed by atoms with E-state index in [4.69, 9.17) is 14.5 Å². The first-order chi connectivity index (χ1) is 13.9. The zero-order valence-corrected chi connectivity index (χ0v) is 18.3. The van der Waals surface area contributed by atoms with Gasteiger partial charge in [0, 0.05) is 23.6 Å². The Morgan fingerprint density at radius 3 is 2.55 bits per heavy atom. The molecule has 0 saturated heterocycles. The second-order valence-corrected chi connectivity index (χ2v) is 8.08. The van der Waals surface area contributed by atoms with E-state index in [9.17, 15) is 4.79 Å². The highest BCUT2D eigenvalue weighted by Gasteiger charge is 2.11. The number of hydrogen-bond donors (Lipinski definition) is 1. The van der Waals surface area contributed by atoms with E-state index >= 15 is 0 Å². The van der Waals surface area contributed by atoms with Crippen LogP contribution in [0.3, 0.4) is 0 Å². The topological polar surface area (TPSA) is 60.5 Å². The number of aryl methyl sites for hydroxylation is 3. The molecule has 1 heterocycles. The molecule has 152 valence electrons. The number of thioether (sulfide) groups is 1. The van der Waals surface area contributed by atoms with Gasteiger partial charge in [-0.15, -0.1) is 11.8 Å². The maximum Gasteiger partial charge on any atom is 0.225 e. The lowest BCUT2D eigenvalue weighted by atomic mass is 10.0. The molecule has 0 atom stereocenters. The average molecular weight is 411 g/mol. The number of hydrogen-bond acceptors (Lipinski definition) is 5. The molecule has 0 aliphatic heterocycles. The van der Waals surface area contributed by atoms with Crippen LogP contribution in [-0.2, 0) is 4.79 Å². The number of pyridine rings is 1. The summed E-state index contributed by atoms with van der Waals surface area (Å²) in [4.78, 5) is 17.2. The number of nitrogens with zero attached hydrogens (tertiary/aromatic N) is 1. The summed E-state index contributed by atoms with van der Waals surface area (Å²) >= 11 is 1.59. The van der Waals surface area contributed by atoms with Gasteiger partial charge in [0.2, 0.25) is 5.91 Å². The predicted octanol–water partition coefficient (Wildman–Crippen LogP) is 5.30. The summed E-state index contributed by atoms with van der Waals surface area (Å²) in [7, 11) is 3.16. The van der Waals surface area contributed by atoms with E-state index in [1.807, 2.05) is 0 Å². The minimum absolute atomic E-state index is 0.0646. The summed E-state index contributed by atoms with van der Waals surface area (Å²) in [5, 5.41) is 5.03. The Morgan fingerprint density at radius 2 is 1.83 bits per heavy atom. The zero-order chi connectivity index (χ0) is 21.0. The van der Waals surface area contributed by atoms with Crippen molar-refractivity contribution in [1.82, 2.24) is 4.98 Å². The van der Waals surface area contributed by atoms with Crippen LogP contribution < -0.4 is 14.8 Å². The van der Waals surface area contributed by atoms with Crippen molar-refractivity contribution in [3.8, 4) is 11.5 Å². The standard InChI is InChI=1S/C23H26N2O3S/c1-14-10-16(3)23-18(11-14)15(2)12-22(25-23)29-9-8-21(26)24-19-7-6-17(27-4)13-20(19)28-5/h6-7,10-13H,8-9H2,1-5H3,(H,24,26). The zero-order valence-electron chi connectivity index (χ0n) is 17.5. The maximum atomic E-state index is 12.4. The molecule has 0 aliphatic rings. The van der Waals surface area contributed by atoms with Crippen LogP contribution in [0.5, 0.6) is 11.5 Å². The first kappa shape index (κ1) is 21.0. The van der Waals surface area contributed by atoms with Crippen LogP contribution in [0.15, 0.2) is 41.4 Å². The van der Waals surface area contributed by atoms with Crippen LogP contribution in [0.25, 0.3) is 10.9 Å². The molecule has 6 heteroatoms. The van der Waals surface area contributed by atoms with Gasteiger partial charge in [-0.25, -0.2) is 4.98 Å². The summed E-state index contributed by atoms with van der Waals surface area (Å²) in [6, 6.07) is 11.7. The Hall–Kier alpha value is -2.73. The first-order valence-electron chi connectivity index (χ1n) is 9.44. The van der Waals surface area contributed by atoms with Gasteiger partial charge in [0.25, 0.3) is 0 Å². The van der Waals surface area contributed by atoms with Gasteiger partial charge in [0.1, 0.15) is 11.5 Å². The third kappa shape index (κ3) is 5.01. The van der Waals surface area contributed by atoms with Crippen molar-refractivity contribution < 1.29 is 14.3 Å². The Bertz CT molecular complexity index is 1050. The highest BCUT2D eigenvalue weighted by atomic mass is 32.2. The Kier molecular flexibility index (Phi) is 6.64. The number of amides is 1. The van der Waals surface area contributed by atoms with Crippen molar-refractivity contribution in [3.05, 3.63) is 53.1 Å². The van der Waals surface area contributed by atoms with Crippen LogP contribution in [-0.4, -0.2) is 30.9 Å². The molecule has 0 unspecified atom stereocenters. The Balaban J connectivity index is 1.63. The van der Waals surface area contributed by atoms with E-state index < -0.39 is 0 Å². The minimum atomic E-state index is -0.0646. The Labute approximate surface area is 175 Å². The van der Waals surface area contributed by atoms with Gasteiger partial charge < -0.3 is 14.8 Å². The van der Waals surface area contributed by atoms with Gasteiger partial charge in [-0.2, -0.15) is 0 Å². The van der Waals surface area contributed by atoms with Gasteiger partial charge >= 0.3 is 0 Å². The molecule has 0 radical (unpaired) electrons. The van der Waals surface area contributed by atoms with Crippen LogP contribution in [0, 0.1) is 20.8 Å². The molecule has 2 aromatic carbocycles. The number of carbonyl (C=O) groups is 1. The van der Waals surface area contributed by atoms with Crippen molar-refractivity contribution in [1.29, 1.82) is 0 Å². The number of rotatable bonds is 7. The molecule has 1 amide bonds. The molecule has 0 saturated carbocycles. The largest absolute Gasteiger partial charge is 0.497 e. The van der Waals surface area contributed by atoms with Crippen LogP contribution in [0.2, 0.25) is 0 Å². The molecule has 3 aromatic rings. The van der Waals surface area contributed by atoms with Gasteiger partial charge in [0.05, 0.1) is 30.4 Å². The van der Waals surface area contributed by atoms with E-state index in [1.165, 1.54) is 22.1 Å². The second kappa shape index (κ2) is 9.18. The SMILES string of the molecule is COc1ccc(NC(=O)CCSc2cc(C)c3cc(C)cc(C)c3n2)c(OC)c1. The number of aromatic nitrogens is 1. The van der Waals surface area contributed by atoms with Crippen molar-refractivity contribution >= 4 is 34.3 Å². The number of anilines is 1. The summed E-state index contributed by atoms with van der Waals surface area (Å²) in [6.45, 7) is 6.30. The van der Waals surface area contributed by atoms with E-state index in [-0.39, 0.29) is 5.91 Å². The molecule has 0 aliphatic carbocycles. The molecular formula is C23H26N2O3S. The average Bonchev–Trinajstić information content (AvgIpc) is 2.69. The normalized spacial score (nSPS) is 10.8. The van der Waals surface area contributed by atoms with Crippen molar-refractivity contribution in [3.63, 3.8) is 0 Å². The fourth-order valence-corrected chi connectivity index (χ4v) is 4.16. The number of methoxy groups -OCH3 is 2. The molecule has 0 spiro atoms. The number of benzene rings is 2. The van der Waals surface area contributed by atoms with Crippen molar-refractivity contribution in [2.45, 2.75) is 32.2 Å². The molecule has 1 N–H and O–H groups in total. The Morgan fingerprint density at radius 1 is 1.03 bits per heavy atom. The van der Waals surface area contributed by atoms with Gasteiger partial charge in [-0.05, 0) is 56.2 Å². The summed E-state index contributed by atoms with van der Waals surface area (Å²) in [6.07, 6.45) is 0.380. The summed E-state index contributed by atoms with van der Waals surface area (Å²) < 4.78 is 10.5. The fraction of sp³-hybridized carbons (Fsp3) is 0.304. The first-order valence-corrected chi connectivity index (χ1v) is 10.4. The minimum Gasteiger partial charge on any atom is -0.497 e. The monoisotopic (exact) mass is 410 g/mol. The summed E-state index contributed by atoms with van der Waals surface area (Å²) in [5.74, 6) is 1.83. The lowest BCUT2D eigenvalue weighted by Gasteiger charge is -2.12. The number of carbonyl (C=O) groups excluding carboxylic acids is 1. The van der Waals surface area contributed by atoms with E-state index in [1.54, 1.807) is 44.2 Å². The van der Waals surface area contributed by atoms with Crippen molar-refractivity contribution in [2.24, 2.45) is 0 Å². The molecule has 0 fully saturated rings. The lowest BCUT2D eigenvalue weighted by Crippen LogP contribution is -2.13. The van der Waals surface area contributed by atoms with Crippen LogP contribution >= 0.6 is 11.8 Å². The maximum absolute atomic E-state index is 12.4. The third-order valence-electron chi connectivity index (χ3n) is 4.69. The number of ether oxygens (including phenoxy) is 2. The molecule has 5 nitrogen and oxygen atoms in total. The number of fused-ring (bicyclic) bond motifs is 1. The quantitative estimate of drug-likeness (QED) is 0.536. The number of nitrogens with one attached hydrogen (secondary N) is 1. The molecular weight excluding hydrogens is 384 g/mol. The molecule has 0 bridgehead atoms. The molecule has 29 heavy (non-hydrogen) atoms. The fourth-order valence-electron chi connectivity index (χ4n) is 3.25. The van der Waals surface area contributed by atoms with Gasteiger partial charge in [0.15, 0.2) is 0 Å². The van der Waals surface area contributed by atoms with Crippen LogP contribution in [0.1, 0.15) is 23.1 Å². The highest BCUT2D eigenvalue weighted by molar-refractivity contribution is 7.99. The summed E-state index contributed by atoms with van der Waals surface area (Å²) in [5.41, 5.74) is 5.29. The molecule has 3 rings (SSSR count). The molecule has 1 aromatic heterocycles. The smallest absolute Gasteiger partial charge is 0.225 e. The van der Waals surface area contributed by atoms with Gasteiger partial charge in [-0.1, -0.05) is 11.6 Å². The van der Waals surface area contributed by atoms with Gasteiger partial charge in [-0.3, -0.25) is 4.79 Å². The van der Waals surface area contributed by atoms with Crippen LogP contribution in [0.4, 0.5) is 5.69 Å². The predicted molar refractivity (Wildman–Crippen MR) is 119 cm³/mol.